The Hall–Kier alpha value is -1.07. The average molecular weight is 310 g/mol. The molecule has 1 aliphatic heterocycles. The van der Waals surface area contributed by atoms with Gasteiger partial charge in [0.2, 0.25) is 10.0 Å². The lowest BCUT2D eigenvalue weighted by molar-refractivity contribution is 0.279. The van der Waals surface area contributed by atoms with Gasteiger partial charge < -0.3 is 5.73 Å². The highest BCUT2D eigenvalue weighted by atomic mass is 32.2. The van der Waals surface area contributed by atoms with Crippen LogP contribution < -0.4 is 5.73 Å². The fraction of sp³-hybridized carbons (Fsp3) is 0.625. The molecule has 0 aliphatic carbocycles. The van der Waals surface area contributed by atoms with Crippen LogP contribution in [-0.2, 0) is 10.0 Å². The van der Waals surface area contributed by atoms with Gasteiger partial charge in [-0.2, -0.15) is 4.31 Å². The minimum atomic E-state index is -3.51. The number of sulfonamides is 1. The highest BCUT2D eigenvalue weighted by Gasteiger charge is 2.41. The van der Waals surface area contributed by atoms with E-state index in [2.05, 4.69) is 13.8 Å². The maximum Gasteiger partial charge on any atom is 0.245 e. The van der Waals surface area contributed by atoms with Gasteiger partial charge in [-0.3, -0.25) is 0 Å². The summed E-state index contributed by atoms with van der Waals surface area (Å²) in [6.45, 7) is 9.15. The number of rotatable bonds is 4. The molecule has 1 aromatic carbocycles. The molecule has 118 valence electrons. The quantitative estimate of drug-likeness (QED) is 0.869. The molecule has 0 aromatic heterocycles. The summed E-state index contributed by atoms with van der Waals surface area (Å²) in [5.74, 6) is 0. The molecule has 1 heterocycles. The fourth-order valence-electron chi connectivity index (χ4n) is 3.20. The molecule has 0 atom stereocenters. The summed E-state index contributed by atoms with van der Waals surface area (Å²) >= 11 is 0. The average Bonchev–Trinajstić information content (AvgIpc) is 2.89. The fourth-order valence-corrected chi connectivity index (χ4v) is 5.15. The van der Waals surface area contributed by atoms with Crippen LogP contribution in [0.4, 0.5) is 5.69 Å². The predicted molar refractivity (Wildman–Crippen MR) is 86.7 cm³/mol. The van der Waals surface area contributed by atoms with E-state index in [1.165, 1.54) is 0 Å². The second kappa shape index (κ2) is 5.61. The zero-order valence-corrected chi connectivity index (χ0v) is 14.3. The molecule has 2 rings (SSSR count). The first-order valence-corrected chi connectivity index (χ1v) is 9.07. The molecule has 0 unspecified atom stereocenters. The van der Waals surface area contributed by atoms with E-state index in [1.54, 1.807) is 4.31 Å². The Morgan fingerprint density at radius 2 is 1.76 bits per heavy atom. The van der Waals surface area contributed by atoms with Crippen molar-refractivity contribution in [2.75, 3.05) is 18.8 Å². The number of nitrogens with two attached hydrogens (primary N) is 1. The minimum absolute atomic E-state index is 0.125. The van der Waals surface area contributed by atoms with Crippen molar-refractivity contribution in [3.05, 3.63) is 23.3 Å². The van der Waals surface area contributed by atoms with Crippen LogP contribution in [0.25, 0.3) is 0 Å². The standard InChI is InChI=1S/C16H26N2O2S/c1-5-16(6-2)9-10-18(11-16)21(19,20)15-13(4)8-7-12(3)14(15)17/h7-8H,5-6,9-11,17H2,1-4H3. The van der Waals surface area contributed by atoms with Gasteiger partial charge in [0.15, 0.2) is 0 Å². The van der Waals surface area contributed by atoms with Gasteiger partial charge in [0.1, 0.15) is 4.90 Å². The van der Waals surface area contributed by atoms with E-state index in [9.17, 15) is 8.42 Å². The van der Waals surface area contributed by atoms with E-state index in [0.717, 1.165) is 30.4 Å². The number of hydrogen-bond donors (Lipinski definition) is 1. The van der Waals surface area contributed by atoms with Gasteiger partial charge in [-0.05, 0) is 49.7 Å². The first kappa shape index (κ1) is 16.3. The highest BCUT2D eigenvalue weighted by molar-refractivity contribution is 7.89. The van der Waals surface area contributed by atoms with E-state index in [4.69, 9.17) is 5.73 Å². The smallest absolute Gasteiger partial charge is 0.245 e. The second-order valence-electron chi connectivity index (χ2n) is 6.24. The van der Waals surface area contributed by atoms with Gasteiger partial charge in [-0.25, -0.2) is 8.42 Å². The summed E-state index contributed by atoms with van der Waals surface area (Å²) in [6, 6.07) is 3.71. The van der Waals surface area contributed by atoms with Crippen molar-refractivity contribution in [2.24, 2.45) is 5.41 Å². The molecule has 4 nitrogen and oxygen atoms in total. The Morgan fingerprint density at radius 3 is 2.29 bits per heavy atom. The lowest BCUT2D eigenvalue weighted by Crippen LogP contribution is -2.32. The molecule has 21 heavy (non-hydrogen) atoms. The molecule has 0 bridgehead atoms. The molecule has 0 radical (unpaired) electrons. The molecule has 0 saturated carbocycles. The van der Waals surface area contributed by atoms with Gasteiger partial charge in [0, 0.05) is 13.1 Å². The third-order valence-corrected chi connectivity index (χ3v) is 7.16. The summed E-state index contributed by atoms with van der Waals surface area (Å²) in [5, 5.41) is 0. The Balaban J connectivity index is 2.44. The van der Waals surface area contributed by atoms with Gasteiger partial charge in [0.05, 0.1) is 5.69 Å². The summed E-state index contributed by atoms with van der Waals surface area (Å²) in [7, 11) is -3.51. The maximum absolute atomic E-state index is 13.0. The van der Waals surface area contributed by atoms with Crippen molar-refractivity contribution in [2.45, 2.75) is 51.9 Å². The maximum atomic E-state index is 13.0. The first-order chi connectivity index (χ1) is 9.77. The van der Waals surface area contributed by atoms with Crippen molar-refractivity contribution in [3.63, 3.8) is 0 Å². The third-order valence-electron chi connectivity index (χ3n) is 5.11. The molecule has 1 aliphatic rings. The predicted octanol–water partition coefficient (Wildman–Crippen LogP) is 3.09. The van der Waals surface area contributed by atoms with Crippen molar-refractivity contribution in [1.29, 1.82) is 0 Å². The zero-order chi connectivity index (χ0) is 15.8. The summed E-state index contributed by atoms with van der Waals surface area (Å²) in [6.07, 6.45) is 2.96. The van der Waals surface area contributed by atoms with Crippen LogP contribution in [0.3, 0.4) is 0 Å². The van der Waals surface area contributed by atoms with E-state index in [1.807, 2.05) is 26.0 Å². The molecular weight excluding hydrogens is 284 g/mol. The lowest BCUT2D eigenvalue weighted by Gasteiger charge is -2.26. The topological polar surface area (TPSA) is 63.4 Å². The van der Waals surface area contributed by atoms with Crippen LogP contribution in [0.5, 0.6) is 0 Å². The normalized spacial score (nSPS) is 19.0. The van der Waals surface area contributed by atoms with Crippen molar-refractivity contribution >= 4 is 15.7 Å². The number of nitrogen functional groups attached to an aromatic ring is 1. The Morgan fingerprint density at radius 1 is 1.19 bits per heavy atom. The first-order valence-electron chi connectivity index (χ1n) is 7.63. The minimum Gasteiger partial charge on any atom is -0.397 e. The molecule has 0 spiro atoms. The molecule has 1 saturated heterocycles. The van der Waals surface area contributed by atoms with Crippen LogP contribution in [0, 0.1) is 19.3 Å². The largest absolute Gasteiger partial charge is 0.397 e. The Bertz CT molecular complexity index is 634. The summed E-state index contributed by atoms with van der Waals surface area (Å²) in [5.41, 5.74) is 8.12. The van der Waals surface area contributed by atoms with Gasteiger partial charge in [-0.1, -0.05) is 26.0 Å². The van der Waals surface area contributed by atoms with Gasteiger partial charge in [0.25, 0.3) is 0 Å². The van der Waals surface area contributed by atoms with E-state index in [-0.39, 0.29) is 5.41 Å². The molecule has 2 N–H and O–H groups in total. The van der Waals surface area contributed by atoms with Crippen molar-refractivity contribution < 1.29 is 8.42 Å². The van der Waals surface area contributed by atoms with Crippen LogP contribution in [0.15, 0.2) is 17.0 Å². The Kier molecular flexibility index (Phi) is 4.36. The molecule has 1 aromatic rings. The number of hydrogen-bond acceptors (Lipinski definition) is 3. The molecular formula is C16H26N2O2S. The zero-order valence-electron chi connectivity index (χ0n) is 13.4. The lowest BCUT2D eigenvalue weighted by atomic mass is 9.82. The van der Waals surface area contributed by atoms with E-state index in [0.29, 0.717) is 23.7 Å². The van der Waals surface area contributed by atoms with Crippen LogP contribution in [-0.4, -0.2) is 25.8 Å². The number of nitrogens with zero attached hydrogens (tertiary/aromatic N) is 1. The van der Waals surface area contributed by atoms with E-state index < -0.39 is 10.0 Å². The molecule has 1 fully saturated rings. The van der Waals surface area contributed by atoms with E-state index >= 15 is 0 Å². The Labute approximate surface area is 128 Å². The third kappa shape index (κ3) is 2.69. The van der Waals surface area contributed by atoms with Gasteiger partial charge in [-0.15, -0.1) is 0 Å². The van der Waals surface area contributed by atoms with Crippen LogP contribution >= 0.6 is 0 Å². The SMILES string of the molecule is CCC1(CC)CCN(S(=O)(=O)c2c(C)ccc(C)c2N)C1. The van der Waals surface area contributed by atoms with Crippen LogP contribution in [0.1, 0.15) is 44.2 Å². The van der Waals surface area contributed by atoms with Gasteiger partial charge >= 0.3 is 0 Å². The molecule has 0 amide bonds. The van der Waals surface area contributed by atoms with Crippen LogP contribution in [0.2, 0.25) is 0 Å². The summed E-state index contributed by atoms with van der Waals surface area (Å²) in [4.78, 5) is 0.297. The number of anilines is 1. The summed E-state index contributed by atoms with van der Waals surface area (Å²) < 4.78 is 27.6. The van der Waals surface area contributed by atoms with Crippen molar-refractivity contribution in [1.82, 2.24) is 4.31 Å². The van der Waals surface area contributed by atoms with Crippen molar-refractivity contribution in [3.8, 4) is 0 Å². The number of benzene rings is 1. The second-order valence-corrected chi connectivity index (χ2v) is 8.11. The number of aryl methyl sites for hydroxylation is 2. The monoisotopic (exact) mass is 310 g/mol. The highest BCUT2D eigenvalue weighted by Crippen LogP contribution is 2.40. The molecule has 5 heteroatoms.